The largest absolute Gasteiger partial charge is 0.513 e. The molecule has 5 nitrogen and oxygen atoms in total. The molecule has 2 fully saturated rings. The smallest absolute Gasteiger partial charge is 0.395 e. The number of hydrogen-bond acceptors (Lipinski definition) is 5. The van der Waals surface area contributed by atoms with Crippen LogP contribution in [0.4, 0.5) is 4.79 Å². The van der Waals surface area contributed by atoms with Crippen LogP contribution in [0.25, 0.3) is 0 Å². The van der Waals surface area contributed by atoms with Crippen LogP contribution in [0.3, 0.4) is 0 Å². The zero-order chi connectivity index (χ0) is 14.5. The molecule has 2 N–H and O–H groups in total. The number of carbonyl (C=O) groups is 1. The average Bonchev–Trinajstić information content (AvgIpc) is 2.49. The molecular formula is C14H24O5. The molecule has 19 heavy (non-hydrogen) atoms. The summed E-state index contributed by atoms with van der Waals surface area (Å²) < 4.78 is 9.65. The van der Waals surface area contributed by atoms with Crippen molar-refractivity contribution >= 4 is 6.16 Å². The minimum atomic E-state index is -2.00. The lowest BCUT2D eigenvalue weighted by Gasteiger charge is -2.48. The first-order valence-corrected chi connectivity index (χ1v) is 6.98. The average molecular weight is 272 g/mol. The highest BCUT2D eigenvalue weighted by atomic mass is 16.9. The second-order valence-electron chi connectivity index (χ2n) is 6.72. The number of hydrogen-bond donors (Lipinski definition) is 2. The van der Waals surface area contributed by atoms with Gasteiger partial charge in [-0.25, -0.2) is 4.79 Å². The topological polar surface area (TPSA) is 76.0 Å². The summed E-state index contributed by atoms with van der Waals surface area (Å²) in [5, 5.41) is 20.8. The number of rotatable bonds is 2. The molecule has 0 amide bonds. The molecule has 2 aliphatic rings. The Morgan fingerprint density at radius 2 is 1.68 bits per heavy atom. The number of ether oxygens (including phenoxy) is 2. The fourth-order valence-corrected chi connectivity index (χ4v) is 3.43. The quantitative estimate of drug-likeness (QED) is 0.755. The third-order valence-electron chi connectivity index (χ3n) is 5.04. The van der Waals surface area contributed by atoms with E-state index in [4.69, 9.17) is 9.47 Å². The molecule has 0 aromatic rings. The molecule has 1 saturated carbocycles. The number of cyclic esters (lactones) is 2. The number of aliphatic hydroxyl groups is 2. The molecule has 0 spiro atoms. The van der Waals surface area contributed by atoms with Crippen molar-refractivity contribution in [3.8, 4) is 0 Å². The van der Waals surface area contributed by atoms with Gasteiger partial charge in [-0.1, -0.05) is 20.8 Å². The Morgan fingerprint density at radius 3 is 2.05 bits per heavy atom. The lowest BCUT2D eigenvalue weighted by molar-refractivity contribution is -0.338. The normalized spacial score (nSPS) is 47.1. The van der Waals surface area contributed by atoms with Gasteiger partial charge in [0.05, 0.1) is 0 Å². The second kappa shape index (κ2) is 4.35. The van der Waals surface area contributed by atoms with E-state index < -0.39 is 23.1 Å². The van der Waals surface area contributed by atoms with Crippen LogP contribution in [0, 0.1) is 17.3 Å². The van der Waals surface area contributed by atoms with Gasteiger partial charge in [0.15, 0.2) is 0 Å². The standard InChI is InChI=1S/C14H24O5/c1-9(2)10-5-7-12(3,8-6-10)14(17)13(4,16)18-11(15)19-14/h9-10,16-17H,5-8H2,1-4H3. The molecule has 5 heteroatoms. The number of carbonyl (C=O) groups excluding carboxylic acids is 1. The second-order valence-corrected chi connectivity index (χ2v) is 6.72. The van der Waals surface area contributed by atoms with Gasteiger partial charge in [0.2, 0.25) is 0 Å². The van der Waals surface area contributed by atoms with Crippen LogP contribution in [0.2, 0.25) is 0 Å². The van der Waals surface area contributed by atoms with E-state index in [0.717, 1.165) is 12.8 Å². The lowest BCUT2D eigenvalue weighted by Crippen LogP contribution is -2.61. The molecule has 0 bridgehead atoms. The highest BCUT2D eigenvalue weighted by molar-refractivity contribution is 5.63. The van der Waals surface area contributed by atoms with Crippen molar-refractivity contribution in [1.29, 1.82) is 0 Å². The molecule has 2 atom stereocenters. The first-order valence-electron chi connectivity index (χ1n) is 6.98. The van der Waals surface area contributed by atoms with Crippen molar-refractivity contribution in [2.75, 3.05) is 0 Å². The van der Waals surface area contributed by atoms with E-state index in [1.807, 2.05) is 6.92 Å². The van der Waals surface area contributed by atoms with Crippen molar-refractivity contribution in [1.82, 2.24) is 0 Å². The van der Waals surface area contributed by atoms with E-state index in [1.54, 1.807) is 0 Å². The molecule has 2 rings (SSSR count). The minimum Gasteiger partial charge on any atom is -0.395 e. The predicted octanol–water partition coefficient (Wildman–Crippen LogP) is 2.40. The van der Waals surface area contributed by atoms with Gasteiger partial charge in [-0.15, -0.1) is 0 Å². The fraction of sp³-hybridized carbons (Fsp3) is 0.929. The van der Waals surface area contributed by atoms with Crippen molar-refractivity contribution in [3.63, 3.8) is 0 Å². The van der Waals surface area contributed by atoms with Crippen molar-refractivity contribution in [3.05, 3.63) is 0 Å². The summed E-state index contributed by atoms with van der Waals surface area (Å²) in [5.74, 6) is -2.76. The molecule has 0 radical (unpaired) electrons. The molecule has 0 aromatic heterocycles. The van der Waals surface area contributed by atoms with Crippen LogP contribution >= 0.6 is 0 Å². The molecule has 1 aliphatic carbocycles. The van der Waals surface area contributed by atoms with Crippen LogP contribution in [0.15, 0.2) is 0 Å². The maximum absolute atomic E-state index is 11.3. The van der Waals surface area contributed by atoms with Crippen LogP contribution in [-0.2, 0) is 9.47 Å². The van der Waals surface area contributed by atoms with Crippen molar-refractivity contribution in [2.24, 2.45) is 17.3 Å². The monoisotopic (exact) mass is 272 g/mol. The minimum absolute atomic E-state index is 0.599. The highest BCUT2D eigenvalue weighted by Crippen LogP contribution is 2.54. The van der Waals surface area contributed by atoms with E-state index in [0.29, 0.717) is 24.7 Å². The van der Waals surface area contributed by atoms with Crippen LogP contribution < -0.4 is 0 Å². The van der Waals surface area contributed by atoms with Crippen LogP contribution in [-0.4, -0.2) is 27.9 Å². The molecule has 2 unspecified atom stereocenters. The van der Waals surface area contributed by atoms with E-state index in [1.165, 1.54) is 6.92 Å². The highest BCUT2D eigenvalue weighted by Gasteiger charge is 2.68. The summed E-state index contributed by atoms with van der Waals surface area (Å²) in [7, 11) is 0. The Kier molecular flexibility index (Phi) is 3.34. The zero-order valence-corrected chi connectivity index (χ0v) is 12.1. The third-order valence-corrected chi connectivity index (χ3v) is 5.04. The first kappa shape index (κ1) is 14.6. The maximum atomic E-state index is 11.3. The zero-order valence-electron chi connectivity index (χ0n) is 12.1. The van der Waals surface area contributed by atoms with Gasteiger partial charge in [-0.3, -0.25) is 0 Å². The van der Waals surface area contributed by atoms with E-state index in [-0.39, 0.29) is 0 Å². The van der Waals surface area contributed by atoms with Crippen molar-refractivity contribution < 1.29 is 24.5 Å². The van der Waals surface area contributed by atoms with Gasteiger partial charge in [0.25, 0.3) is 11.6 Å². The van der Waals surface area contributed by atoms with Gasteiger partial charge in [0.1, 0.15) is 0 Å². The molecule has 110 valence electrons. The van der Waals surface area contributed by atoms with Gasteiger partial charge >= 0.3 is 6.16 Å². The summed E-state index contributed by atoms with van der Waals surface area (Å²) in [6.07, 6.45) is 2.27. The summed E-state index contributed by atoms with van der Waals surface area (Å²) in [4.78, 5) is 11.3. The van der Waals surface area contributed by atoms with Crippen molar-refractivity contribution in [2.45, 2.75) is 65.0 Å². The lowest BCUT2D eigenvalue weighted by atomic mass is 9.63. The SMILES string of the molecule is CC(C)C1CCC(C)(C2(O)OC(=O)OC2(C)O)CC1. The van der Waals surface area contributed by atoms with Gasteiger partial charge < -0.3 is 19.7 Å². The van der Waals surface area contributed by atoms with E-state index in [2.05, 4.69) is 13.8 Å². The van der Waals surface area contributed by atoms with E-state index in [9.17, 15) is 15.0 Å². The molecular weight excluding hydrogens is 248 g/mol. The van der Waals surface area contributed by atoms with Gasteiger partial charge in [-0.05, 0) is 37.5 Å². The summed E-state index contributed by atoms with van der Waals surface area (Å²) in [6, 6.07) is 0. The molecule has 0 aromatic carbocycles. The predicted molar refractivity (Wildman–Crippen MR) is 68.0 cm³/mol. The Labute approximate surface area is 113 Å². The Bertz CT molecular complexity index is 368. The Morgan fingerprint density at radius 1 is 1.16 bits per heavy atom. The summed E-state index contributed by atoms with van der Waals surface area (Å²) in [6.45, 7) is 7.51. The van der Waals surface area contributed by atoms with Crippen LogP contribution in [0.5, 0.6) is 0 Å². The molecule has 1 heterocycles. The summed E-state index contributed by atoms with van der Waals surface area (Å²) >= 11 is 0. The first-order chi connectivity index (χ1) is 8.61. The van der Waals surface area contributed by atoms with Crippen LogP contribution in [0.1, 0.15) is 53.4 Å². The third kappa shape index (κ3) is 2.13. The Balaban J connectivity index is 2.20. The molecule has 1 saturated heterocycles. The maximum Gasteiger partial charge on any atom is 0.513 e. The fourth-order valence-electron chi connectivity index (χ4n) is 3.43. The Hall–Kier alpha value is -0.810. The van der Waals surface area contributed by atoms with Gasteiger partial charge in [0, 0.05) is 12.3 Å². The van der Waals surface area contributed by atoms with E-state index >= 15 is 0 Å². The molecule has 1 aliphatic heterocycles. The summed E-state index contributed by atoms with van der Waals surface area (Å²) in [5.41, 5.74) is -0.686. The van der Waals surface area contributed by atoms with Gasteiger partial charge in [-0.2, -0.15) is 0 Å².